The molecule has 0 aliphatic rings. The Morgan fingerprint density at radius 1 is 1.39 bits per heavy atom. The van der Waals surface area contributed by atoms with Crippen molar-refractivity contribution < 1.29 is 4.74 Å². The molecule has 1 rings (SSSR count). The second-order valence-corrected chi connectivity index (χ2v) is 5.04. The number of ether oxygens (including phenoxy) is 1. The molecule has 0 radical (unpaired) electrons. The number of aromatic nitrogens is 2. The van der Waals surface area contributed by atoms with Crippen molar-refractivity contribution in [2.24, 2.45) is 7.05 Å². The zero-order chi connectivity index (χ0) is 13.7. The van der Waals surface area contributed by atoms with Gasteiger partial charge in [0.15, 0.2) is 0 Å². The summed E-state index contributed by atoms with van der Waals surface area (Å²) in [5.41, 5.74) is 3.66. The summed E-state index contributed by atoms with van der Waals surface area (Å²) in [4.78, 5) is 0. The highest BCUT2D eigenvalue weighted by Gasteiger charge is 2.19. The number of hydrogen-bond acceptors (Lipinski definition) is 3. The first kappa shape index (κ1) is 15.2. The second-order valence-electron chi connectivity index (χ2n) is 5.04. The van der Waals surface area contributed by atoms with Crippen LogP contribution in [0.5, 0.6) is 0 Å². The van der Waals surface area contributed by atoms with E-state index in [2.05, 4.69) is 38.1 Å². The molecule has 0 aliphatic heterocycles. The minimum atomic E-state index is 0.311. The fourth-order valence-corrected chi connectivity index (χ4v) is 2.62. The number of aryl methyl sites for hydroxylation is 2. The Labute approximate surface area is 111 Å². The fourth-order valence-electron chi connectivity index (χ4n) is 2.62. The molecule has 0 amide bonds. The zero-order valence-electron chi connectivity index (χ0n) is 12.6. The van der Waals surface area contributed by atoms with E-state index in [4.69, 9.17) is 4.74 Å². The Morgan fingerprint density at radius 2 is 2.06 bits per heavy atom. The molecule has 0 bridgehead atoms. The molecular formula is C14H27N3O. The molecule has 1 heterocycles. The van der Waals surface area contributed by atoms with E-state index in [1.54, 1.807) is 7.11 Å². The van der Waals surface area contributed by atoms with E-state index in [0.29, 0.717) is 12.1 Å². The van der Waals surface area contributed by atoms with Crippen molar-refractivity contribution in [3.63, 3.8) is 0 Å². The molecule has 0 spiro atoms. The van der Waals surface area contributed by atoms with Crippen molar-refractivity contribution in [1.82, 2.24) is 15.1 Å². The van der Waals surface area contributed by atoms with E-state index in [1.165, 1.54) is 17.7 Å². The minimum Gasteiger partial charge on any atom is -0.383 e. The smallest absolute Gasteiger partial charge is 0.0644 e. The third-order valence-corrected chi connectivity index (χ3v) is 3.49. The normalized spacial score (nSPS) is 14.8. The Balaban J connectivity index is 2.76. The predicted molar refractivity (Wildman–Crippen MR) is 74.8 cm³/mol. The van der Waals surface area contributed by atoms with Gasteiger partial charge in [-0.15, -0.1) is 0 Å². The zero-order valence-corrected chi connectivity index (χ0v) is 12.6. The number of rotatable bonds is 7. The molecule has 1 aromatic rings. The van der Waals surface area contributed by atoms with Gasteiger partial charge < -0.3 is 10.1 Å². The summed E-state index contributed by atoms with van der Waals surface area (Å²) in [5.74, 6) is 0. The van der Waals surface area contributed by atoms with E-state index < -0.39 is 0 Å². The molecule has 1 N–H and O–H groups in total. The van der Waals surface area contributed by atoms with Gasteiger partial charge in [-0.05, 0) is 27.2 Å². The number of hydrogen-bond donors (Lipinski definition) is 1. The van der Waals surface area contributed by atoms with E-state index in [9.17, 15) is 0 Å². The highest BCUT2D eigenvalue weighted by molar-refractivity contribution is 5.27. The molecule has 0 aromatic carbocycles. The van der Waals surface area contributed by atoms with Crippen LogP contribution in [0.4, 0.5) is 0 Å². The van der Waals surface area contributed by atoms with Gasteiger partial charge in [-0.25, -0.2) is 0 Å². The maximum Gasteiger partial charge on any atom is 0.0644 e. The van der Waals surface area contributed by atoms with Crippen LogP contribution in [-0.2, 0) is 11.8 Å². The van der Waals surface area contributed by atoms with E-state index in [1.807, 2.05) is 11.7 Å². The molecule has 104 valence electrons. The molecule has 4 nitrogen and oxygen atoms in total. The van der Waals surface area contributed by atoms with Gasteiger partial charge in [0.05, 0.1) is 12.3 Å². The van der Waals surface area contributed by atoms with Crippen LogP contribution in [0.25, 0.3) is 0 Å². The molecule has 0 aliphatic carbocycles. The summed E-state index contributed by atoms with van der Waals surface area (Å²) in [7, 11) is 3.76. The molecule has 0 fully saturated rings. The molecule has 1 aromatic heterocycles. The van der Waals surface area contributed by atoms with Crippen molar-refractivity contribution in [2.75, 3.05) is 13.7 Å². The second kappa shape index (κ2) is 6.90. The molecule has 0 saturated heterocycles. The van der Waals surface area contributed by atoms with Gasteiger partial charge in [-0.3, -0.25) is 4.68 Å². The van der Waals surface area contributed by atoms with Gasteiger partial charge >= 0.3 is 0 Å². The monoisotopic (exact) mass is 253 g/mol. The van der Waals surface area contributed by atoms with Gasteiger partial charge in [0.25, 0.3) is 0 Å². The Kier molecular flexibility index (Phi) is 5.82. The van der Waals surface area contributed by atoms with Crippen molar-refractivity contribution in [3.05, 3.63) is 17.0 Å². The Bertz CT molecular complexity index is 367. The summed E-state index contributed by atoms with van der Waals surface area (Å²) >= 11 is 0. The van der Waals surface area contributed by atoms with Gasteiger partial charge in [0.2, 0.25) is 0 Å². The molecule has 2 unspecified atom stereocenters. The van der Waals surface area contributed by atoms with Crippen molar-refractivity contribution in [1.29, 1.82) is 0 Å². The Morgan fingerprint density at radius 3 is 2.50 bits per heavy atom. The highest BCUT2D eigenvalue weighted by Crippen LogP contribution is 2.21. The summed E-state index contributed by atoms with van der Waals surface area (Å²) < 4.78 is 7.23. The standard InChI is InChI=1S/C14H27N3O/c1-7-8-13(9-18-6)15-10(2)14-11(3)16-17(5)12(14)4/h10,13,15H,7-9H2,1-6H3. The van der Waals surface area contributed by atoms with Crippen LogP contribution in [0.1, 0.15) is 49.7 Å². The quantitative estimate of drug-likeness (QED) is 0.811. The van der Waals surface area contributed by atoms with Crippen LogP contribution < -0.4 is 5.32 Å². The van der Waals surface area contributed by atoms with Crippen molar-refractivity contribution in [3.8, 4) is 0 Å². The lowest BCUT2D eigenvalue weighted by atomic mass is 10.0. The Hall–Kier alpha value is -0.870. The van der Waals surface area contributed by atoms with Crippen molar-refractivity contribution in [2.45, 2.75) is 52.6 Å². The molecule has 2 atom stereocenters. The average molecular weight is 253 g/mol. The van der Waals surface area contributed by atoms with Gasteiger partial charge in [-0.2, -0.15) is 5.10 Å². The lowest BCUT2D eigenvalue weighted by molar-refractivity contribution is 0.157. The first-order valence-corrected chi connectivity index (χ1v) is 6.76. The maximum atomic E-state index is 5.28. The van der Waals surface area contributed by atoms with Crippen LogP contribution in [0, 0.1) is 13.8 Å². The largest absolute Gasteiger partial charge is 0.383 e. The number of nitrogens with one attached hydrogen (secondary N) is 1. The average Bonchev–Trinajstić information content (AvgIpc) is 2.53. The number of methoxy groups -OCH3 is 1. The van der Waals surface area contributed by atoms with E-state index in [0.717, 1.165) is 18.7 Å². The first-order chi connectivity index (χ1) is 8.51. The minimum absolute atomic E-state index is 0.311. The summed E-state index contributed by atoms with van der Waals surface area (Å²) in [5, 5.41) is 8.13. The highest BCUT2D eigenvalue weighted by atomic mass is 16.5. The summed E-state index contributed by atoms with van der Waals surface area (Å²) in [6, 6.07) is 0.722. The van der Waals surface area contributed by atoms with Gasteiger partial charge in [0.1, 0.15) is 0 Å². The third-order valence-electron chi connectivity index (χ3n) is 3.49. The molecule has 0 saturated carbocycles. The predicted octanol–water partition coefficient (Wildman–Crippen LogP) is 2.50. The van der Waals surface area contributed by atoms with E-state index >= 15 is 0 Å². The topological polar surface area (TPSA) is 39.1 Å². The summed E-state index contributed by atoms with van der Waals surface area (Å²) in [6.45, 7) is 9.37. The SMILES string of the molecule is CCCC(COC)NC(C)c1c(C)nn(C)c1C. The summed E-state index contributed by atoms with van der Waals surface area (Å²) in [6.07, 6.45) is 2.30. The van der Waals surface area contributed by atoms with Gasteiger partial charge in [-0.1, -0.05) is 13.3 Å². The lowest BCUT2D eigenvalue weighted by Crippen LogP contribution is -2.35. The number of nitrogens with zero attached hydrogens (tertiary/aromatic N) is 2. The van der Waals surface area contributed by atoms with Crippen LogP contribution in [0.3, 0.4) is 0 Å². The third kappa shape index (κ3) is 3.56. The molecule has 18 heavy (non-hydrogen) atoms. The van der Waals surface area contributed by atoms with Crippen LogP contribution in [0.15, 0.2) is 0 Å². The molecule has 4 heteroatoms. The fraction of sp³-hybridized carbons (Fsp3) is 0.786. The van der Waals surface area contributed by atoms with Crippen LogP contribution in [-0.4, -0.2) is 29.5 Å². The van der Waals surface area contributed by atoms with Crippen molar-refractivity contribution >= 4 is 0 Å². The first-order valence-electron chi connectivity index (χ1n) is 6.76. The van der Waals surface area contributed by atoms with Crippen LogP contribution in [0.2, 0.25) is 0 Å². The molecular weight excluding hydrogens is 226 g/mol. The van der Waals surface area contributed by atoms with E-state index in [-0.39, 0.29) is 0 Å². The van der Waals surface area contributed by atoms with Crippen LogP contribution >= 0.6 is 0 Å². The maximum absolute atomic E-state index is 5.28. The lowest BCUT2D eigenvalue weighted by Gasteiger charge is -2.23. The van der Waals surface area contributed by atoms with Gasteiger partial charge in [0, 0.05) is 37.5 Å².